The Kier molecular flexibility index (Phi) is 1.41. The minimum absolute atomic E-state index is 1.07. The van der Waals surface area contributed by atoms with E-state index in [-0.39, 0.29) is 0 Å². The van der Waals surface area contributed by atoms with Gasteiger partial charge in [-0.1, -0.05) is 30.3 Å². The van der Waals surface area contributed by atoms with Crippen molar-refractivity contribution in [3.05, 3.63) is 59.8 Å². The van der Waals surface area contributed by atoms with Crippen LogP contribution in [0.1, 0.15) is 11.1 Å². The molecular formula is C15H11N. The molecule has 0 amide bonds. The van der Waals surface area contributed by atoms with E-state index in [4.69, 9.17) is 0 Å². The van der Waals surface area contributed by atoms with Crippen molar-refractivity contribution in [1.29, 1.82) is 0 Å². The number of hydrogen-bond acceptors (Lipinski definition) is 0. The van der Waals surface area contributed by atoms with Gasteiger partial charge in [0.15, 0.2) is 0 Å². The van der Waals surface area contributed by atoms with Crippen molar-refractivity contribution >= 4 is 10.8 Å². The SMILES string of the molecule is c1ccc2cc3c(cc2c1)Cc1cc[nH]c1-3. The molecule has 1 N–H and O–H groups in total. The third kappa shape index (κ3) is 0.951. The molecule has 1 nitrogen and oxygen atoms in total. The number of aromatic nitrogens is 1. The van der Waals surface area contributed by atoms with E-state index in [1.165, 1.54) is 33.2 Å². The summed E-state index contributed by atoms with van der Waals surface area (Å²) in [6.45, 7) is 0. The highest BCUT2D eigenvalue weighted by molar-refractivity contribution is 5.90. The fourth-order valence-corrected chi connectivity index (χ4v) is 2.67. The van der Waals surface area contributed by atoms with Gasteiger partial charge in [0, 0.05) is 23.9 Å². The van der Waals surface area contributed by atoms with E-state index in [1.54, 1.807) is 0 Å². The number of aromatic amines is 1. The van der Waals surface area contributed by atoms with Crippen LogP contribution in [0.15, 0.2) is 48.7 Å². The molecule has 1 aromatic heterocycles. The smallest absolute Gasteiger partial charge is 0.0492 e. The Morgan fingerprint density at radius 2 is 1.69 bits per heavy atom. The third-order valence-electron chi connectivity index (χ3n) is 3.46. The summed E-state index contributed by atoms with van der Waals surface area (Å²) in [4.78, 5) is 3.34. The Morgan fingerprint density at radius 1 is 0.875 bits per heavy atom. The molecule has 0 unspecified atom stereocenters. The van der Waals surface area contributed by atoms with E-state index in [2.05, 4.69) is 47.4 Å². The first kappa shape index (κ1) is 8.17. The summed E-state index contributed by atoms with van der Waals surface area (Å²) in [5, 5.41) is 2.66. The normalized spacial score (nSPS) is 12.8. The van der Waals surface area contributed by atoms with Gasteiger partial charge in [0.1, 0.15) is 0 Å². The van der Waals surface area contributed by atoms with Crippen LogP contribution >= 0.6 is 0 Å². The number of rotatable bonds is 0. The lowest BCUT2D eigenvalue weighted by Crippen LogP contribution is -1.82. The predicted octanol–water partition coefficient (Wildman–Crippen LogP) is 3.74. The molecule has 1 heterocycles. The molecule has 2 aromatic carbocycles. The first-order valence-electron chi connectivity index (χ1n) is 5.60. The molecule has 0 atom stereocenters. The zero-order chi connectivity index (χ0) is 10.5. The molecule has 1 aliphatic carbocycles. The maximum atomic E-state index is 3.34. The fraction of sp³-hybridized carbons (Fsp3) is 0.0667. The van der Waals surface area contributed by atoms with Crippen molar-refractivity contribution < 1.29 is 0 Å². The predicted molar refractivity (Wildman–Crippen MR) is 66.5 cm³/mol. The summed E-state index contributed by atoms with van der Waals surface area (Å²) in [6, 6.07) is 15.4. The van der Waals surface area contributed by atoms with E-state index < -0.39 is 0 Å². The van der Waals surface area contributed by atoms with Gasteiger partial charge >= 0.3 is 0 Å². The van der Waals surface area contributed by atoms with E-state index in [9.17, 15) is 0 Å². The number of nitrogens with one attached hydrogen (secondary N) is 1. The highest BCUT2D eigenvalue weighted by Gasteiger charge is 2.19. The van der Waals surface area contributed by atoms with E-state index >= 15 is 0 Å². The maximum Gasteiger partial charge on any atom is 0.0492 e. The van der Waals surface area contributed by atoms with Crippen LogP contribution in [0.3, 0.4) is 0 Å². The highest BCUT2D eigenvalue weighted by atomic mass is 14.7. The molecule has 16 heavy (non-hydrogen) atoms. The summed E-state index contributed by atoms with van der Waals surface area (Å²) in [6.07, 6.45) is 3.10. The van der Waals surface area contributed by atoms with Gasteiger partial charge in [-0.25, -0.2) is 0 Å². The van der Waals surface area contributed by atoms with E-state index in [0.717, 1.165) is 6.42 Å². The van der Waals surface area contributed by atoms with Gasteiger partial charge in [0.25, 0.3) is 0 Å². The van der Waals surface area contributed by atoms with Gasteiger partial charge < -0.3 is 4.98 Å². The Balaban J connectivity index is 2.10. The van der Waals surface area contributed by atoms with Crippen LogP contribution < -0.4 is 0 Å². The lowest BCUT2D eigenvalue weighted by Gasteiger charge is -2.03. The molecule has 1 heteroatoms. The van der Waals surface area contributed by atoms with Gasteiger partial charge in [0.05, 0.1) is 0 Å². The van der Waals surface area contributed by atoms with Crippen LogP contribution in [0.5, 0.6) is 0 Å². The fourth-order valence-electron chi connectivity index (χ4n) is 2.67. The molecule has 3 aromatic rings. The Bertz CT molecular complexity index is 691. The molecule has 4 rings (SSSR count). The zero-order valence-electron chi connectivity index (χ0n) is 8.83. The van der Waals surface area contributed by atoms with Crippen LogP contribution in [0.2, 0.25) is 0 Å². The summed E-state index contributed by atoms with van der Waals surface area (Å²) >= 11 is 0. The monoisotopic (exact) mass is 205 g/mol. The average molecular weight is 205 g/mol. The molecule has 0 spiro atoms. The Hall–Kier alpha value is -2.02. The topological polar surface area (TPSA) is 15.8 Å². The molecule has 76 valence electrons. The molecule has 0 aliphatic heterocycles. The van der Waals surface area contributed by atoms with Crippen LogP contribution in [0, 0.1) is 0 Å². The van der Waals surface area contributed by atoms with Crippen molar-refractivity contribution in [3.63, 3.8) is 0 Å². The number of benzene rings is 2. The zero-order valence-corrected chi connectivity index (χ0v) is 8.83. The minimum atomic E-state index is 1.07. The van der Waals surface area contributed by atoms with E-state index in [1.807, 2.05) is 6.20 Å². The largest absolute Gasteiger partial charge is 0.361 e. The van der Waals surface area contributed by atoms with Crippen molar-refractivity contribution in [3.8, 4) is 11.3 Å². The second-order valence-electron chi connectivity index (χ2n) is 4.41. The molecule has 0 radical (unpaired) electrons. The number of hydrogen-bond donors (Lipinski definition) is 1. The summed E-state index contributed by atoms with van der Waals surface area (Å²) in [5.41, 5.74) is 5.55. The molecular weight excluding hydrogens is 194 g/mol. The average Bonchev–Trinajstić information content (AvgIpc) is 2.86. The van der Waals surface area contributed by atoms with Gasteiger partial charge in [0.2, 0.25) is 0 Å². The van der Waals surface area contributed by atoms with Crippen molar-refractivity contribution in [2.45, 2.75) is 6.42 Å². The first-order valence-corrected chi connectivity index (χ1v) is 5.60. The molecule has 0 saturated heterocycles. The highest BCUT2D eigenvalue weighted by Crippen LogP contribution is 2.37. The molecule has 0 saturated carbocycles. The number of H-pyrrole nitrogens is 1. The maximum absolute atomic E-state index is 3.34. The molecule has 1 aliphatic rings. The van der Waals surface area contributed by atoms with Gasteiger partial charge in [-0.15, -0.1) is 0 Å². The second-order valence-corrected chi connectivity index (χ2v) is 4.41. The van der Waals surface area contributed by atoms with Crippen molar-refractivity contribution in [1.82, 2.24) is 4.98 Å². The quantitative estimate of drug-likeness (QED) is 0.450. The number of fused-ring (bicyclic) bond motifs is 4. The standard InChI is InChI=1S/C15H11N/c1-2-4-11-9-14-13(7-10(11)3-1)8-12-5-6-16-15(12)14/h1-7,9,16H,8H2. The van der Waals surface area contributed by atoms with Crippen molar-refractivity contribution in [2.24, 2.45) is 0 Å². The Morgan fingerprint density at radius 3 is 2.56 bits per heavy atom. The molecule has 0 fully saturated rings. The first-order chi connectivity index (χ1) is 7.92. The van der Waals surface area contributed by atoms with Crippen molar-refractivity contribution in [2.75, 3.05) is 0 Å². The Labute approximate surface area is 93.7 Å². The van der Waals surface area contributed by atoms with Crippen LogP contribution in [-0.4, -0.2) is 4.98 Å². The van der Waals surface area contributed by atoms with Crippen LogP contribution in [-0.2, 0) is 6.42 Å². The lowest BCUT2D eigenvalue weighted by molar-refractivity contribution is 1.28. The summed E-state index contributed by atoms with van der Waals surface area (Å²) in [7, 11) is 0. The van der Waals surface area contributed by atoms with E-state index in [0.29, 0.717) is 0 Å². The second kappa shape index (κ2) is 2.76. The van der Waals surface area contributed by atoms with Gasteiger partial charge in [-0.2, -0.15) is 0 Å². The van der Waals surface area contributed by atoms with Gasteiger partial charge in [-0.05, 0) is 34.0 Å². The molecule has 0 bridgehead atoms. The third-order valence-corrected chi connectivity index (χ3v) is 3.46. The van der Waals surface area contributed by atoms with Crippen LogP contribution in [0.25, 0.3) is 22.0 Å². The summed E-state index contributed by atoms with van der Waals surface area (Å²) in [5.74, 6) is 0. The summed E-state index contributed by atoms with van der Waals surface area (Å²) < 4.78 is 0. The minimum Gasteiger partial charge on any atom is -0.361 e. The lowest BCUT2D eigenvalue weighted by atomic mass is 10.0. The van der Waals surface area contributed by atoms with Crippen LogP contribution in [0.4, 0.5) is 0 Å². The van der Waals surface area contributed by atoms with Gasteiger partial charge in [-0.3, -0.25) is 0 Å².